The van der Waals surface area contributed by atoms with Gasteiger partial charge in [0.15, 0.2) is 0 Å². The van der Waals surface area contributed by atoms with Gasteiger partial charge in [-0.2, -0.15) is 0 Å². The predicted molar refractivity (Wildman–Crippen MR) is 213 cm³/mol. The Morgan fingerprint density at radius 1 is 0.694 bits per heavy atom. The molecule has 0 radical (unpaired) electrons. The van der Waals surface area contributed by atoms with Crippen molar-refractivity contribution in [3.05, 3.63) is 115 Å². The van der Waals surface area contributed by atoms with Gasteiger partial charge in [-0.25, -0.2) is 0 Å². The summed E-state index contributed by atoms with van der Waals surface area (Å²) >= 11 is 0. The smallest absolute Gasteiger partial charge is 0.0264 e. The second kappa shape index (κ2) is 10.8. The number of rotatable bonds is 4. The molecule has 0 fully saturated rings. The van der Waals surface area contributed by atoms with Crippen LogP contribution in [0.1, 0.15) is 144 Å². The molecule has 8 rings (SSSR count). The normalized spacial score (nSPS) is 21.9. The van der Waals surface area contributed by atoms with Crippen molar-refractivity contribution in [1.29, 1.82) is 0 Å². The fourth-order valence-electron chi connectivity index (χ4n) is 11.6. The fraction of sp³-hybridized carbons (Fsp3) is 0.469. The van der Waals surface area contributed by atoms with Crippen molar-refractivity contribution in [3.8, 4) is 11.1 Å². The largest absolute Gasteiger partial charge is 0.0667 e. The van der Waals surface area contributed by atoms with E-state index in [1.54, 1.807) is 44.5 Å². The van der Waals surface area contributed by atoms with E-state index in [-0.39, 0.29) is 10.8 Å². The van der Waals surface area contributed by atoms with Gasteiger partial charge in [-0.3, -0.25) is 0 Å². The van der Waals surface area contributed by atoms with Gasteiger partial charge in [0.05, 0.1) is 0 Å². The second-order valence-electron chi connectivity index (χ2n) is 18.4. The van der Waals surface area contributed by atoms with Gasteiger partial charge < -0.3 is 0 Å². The Morgan fingerprint density at radius 2 is 1.39 bits per heavy atom. The quantitative estimate of drug-likeness (QED) is 0.194. The van der Waals surface area contributed by atoms with Crippen LogP contribution in [0.4, 0.5) is 0 Å². The summed E-state index contributed by atoms with van der Waals surface area (Å²) < 4.78 is 0. The van der Waals surface area contributed by atoms with Gasteiger partial charge in [0.25, 0.3) is 0 Å². The molecule has 49 heavy (non-hydrogen) atoms. The predicted octanol–water partition coefficient (Wildman–Crippen LogP) is 13.6. The van der Waals surface area contributed by atoms with Crippen molar-refractivity contribution < 1.29 is 0 Å². The average molecular weight is 647 g/mol. The fourth-order valence-corrected chi connectivity index (χ4v) is 11.6. The van der Waals surface area contributed by atoms with Crippen LogP contribution in [0.5, 0.6) is 0 Å². The highest BCUT2D eigenvalue weighted by Gasteiger charge is 2.53. The van der Waals surface area contributed by atoms with Crippen LogP contribution in [0, 0.1) is 44.4 Å². The Hall–Kier alpha value is -3.38. The van der Waals surface area contributed by atoms with Gasteiger partial charge in [-0.15, -0.1) is 0 Å². The van der Waals surface area contributed by atoms with Gasteiger partial charge in [0.2, 0.25) is 0 Å². The molecule has 4 aliphatic rings. The monoisotopic (exact) mass is 646 g/mol. The number of hydrogen-bond donors (Lipinski definition) is 0. The molecule has 0 heterocycles. The van der Waals surface area contributed by atoms with Crippen LogP contribution in [0.2, 0.25) is 0 Å². The summed E-state index contributed by atoms with van der Waals surface area (Å²) in [5.41, 5.74) is 24.8. The maximum atomic E-state index is 2.63. The summed E-state index contributed by atoms with van der Waals surface area (Å²) in [5.74, 6) is 2.80. The van der Waals surface area contributed by atoms with E-state index in [1.165, 1.54) is 61.7 Å². The van der Waals surface area contributed by atoms with E-state index in [0.717, 1.165) is 12.8 Å². The first-order chi connectivity index (χ1) is 23.1. The third-order valence-electron chi connectivity index (χ3n) is 13.5. The van der Waals surface area contributed by atoms with Crippen LogP contribution < -0.4 is 0 Å². The number of aryl methyl sites for hydroxylation is 3. The van der Waals surface area contributed by atoms with Crippen molar-refractivity contribution in [2.75, 3.05) is 0 Å². The van der Waals surface area contributed by atoms with E-state index in [1.807, 2.05) is 0 Å². The molecule has 0 saturated carbocycles. The molecule has 4 aliphatic carbocycles. The summed E-state index contributed by atoms with van der Waals surface area (Å²) in [6.07, 6.45) is 3.39. The first kappa shape index (κ1) is 32.8. The van der Waals surface area contributed by atoms with Gasteiger partial charge >= 0.3 is 0 Å². The first-order valence-electron chi connectivity index (χ1n) is 19.4. The highest BCUT2D eigenvalue weighted by Crippen LogP contribution is 2.67. The molecule has 0 saturated heterocycles. The zero-order valence-electron chi connectivity index (χ0n) is 32.6. The van der Waals surface area contributed by atoms with Gasteiger partial charge in [0.1, 0.15) is 0 Å². The lowest BCUT2D eigenvalue weighted by molar-refractivity contribution is 0.277. The lowest BCUT2D eigenvalue weighted by Crippen LogP contribution is -2.38. The minimum absolute atomic E-state index is 0.0314. The van der Waals surface area contributed by atoms with E-state index in [9.17, 15) is 0 Å². The number of benzene rings is 4. The van der Waals surface area contributed by atoms with Crippen LogP contribution in [-0.2, 0) is 17.3 Å². The zero-order valence-corrected chi connectivity index (χ0v) is 32.6. The van der Waals surface area contributed by atoms with Crippen molar-refractivity contribution >= 4 is 21.9 Å². The minimum Gasteiger partial charge on any atom is -0.0667 e. The molecule has 0 amide bonds. The Balaban J connectivity index is 1.50. The molecule has 1 spiro atoms. The molecule has 2 unspecified atom stereocenters. The molecule has 2 atom stereocenters. The Morgan fingerprint density at radius 3 is 2.04 bits per heavy atom. The summed E-state index contributed by atoms with van der Waals surface area (Å²) in [6, 6.07) is 20.2. The first-order valence-corrected chi connectivity index (χ1v) is 19.4. The van der Waals surface area contributed by atoms with Crippen molar-refractivity contribution in [1.82, 2.24) is 0 Å². The van der Waals surface area contributed by atoms with E-state index >= 15 is 0 Å². The summed E-state index contributed by atoms with van der Waals surface area (Å²) in [6.45, 7) is 31.5. The molecule has 0 bridgehead atoms. The third-order valence-corrected chi connectivity index (χ3v) is 13.5. The number of allylic oxidation sites excluding steroid dienone is 4. The number of fused-ring (bicyclic) bond motifs is 12. The lowest BCUT2D eigenvalue weighted by atomic mass is 9.57. The van der Waals surface area contributed by atoms with Gasteiger partial charge in [-0.05, 0) is 153 Å². The maximum Gasteiger partial charge on any atom is 0.0264 e. The lowest BCUT2D eigenvalue weighted by Gasteiger charge is -2.47. The molecule has 4 aromatic carbocycles. The van der Waals surface area contributed by atoms with Gasteiger partial charge in [0, 0.05) is 10.8 Å². The maximum absolute atomic E-state index is 2.63. The van der Waals surface area contributed by atoms with Crippen LogP contribution in [-0.4, -0.2) is 0 Å². The highest BCUT2D eigenvalue weighted by atomic mass is 14.6. The van der Waals surface area contributed by atoms with Crippen LogP contribution >= 0.6 is 0 Å². The third kappa shape index (κ3) is 4.34. The summed E-state index contributed by atoms with van der Waals surface area (Å²) in [5, 5.41) is 2.99. The SMILES string of the molecule is Cc1cc(C)c2c(C)cc3c(c2c1)C1(CC(C(C)C)=C(C(C)C)C(C(C)C)C1)c1ccc2c(c1-3)C1=C(c3cc(C(C)C)ccc3C1)C2(C)C. The summed E-state index contributed by atoms with van der Waals surface area (Å²) in [7, 11) is 0. The van der Waals surface area contributed by atoms with Crippen LogP contribution in [0.3, 0.4) is 0 Å². The molecular weight excluding hydrogens is 589 g/mol. The van der Waals surface area contributed by atoms with E-state index in [4.69, 9.17) is 0 Å². The standard InChI is InChI=1S/C49H58/c1-25(2)32-14-15-33-22-37-44-40(48(12,13)46(37)34(33)21-32)16-17-41-45(44)36-20-31(11)43-30(10)18-29(9)19-35(43)47(36)49(41)23-38(26(3)4)42(28(7)8)39(24-49)27(5)6/h14-21,25-28,38H,22-24H2,1-13H3. The Labute approximate surface area is 297 Å². The van der Waals surface area contributed by atoms with Crippen LogP contribution in [0.15, 0.2) is 59.7 Å². The van der Waals surface area contributed by atoms with E-state index < -0.39 is 0 Å². The summed E-state index contributed by atoms with van der Waals surface area (Å²) in [4.78, 5) is 0. The highest BCUT2D eigenvalue weighted by molar-refractivity contribution is 6.12. The van der Waals surface area contributed by atoms with Crippen molar-refractivity contribution in [3.63, 3.8) is 0 Å². The second-order valence-corrected chi connectivity index (χ2v) is 18.4. The van der Waals surface area contributed by atoms with E-state index in [2.05, 4.69) is 139 Å². The molecule has 0 aromatic heterocycles. The Bertz CT molecular complexity index is 2150. The van der Waals surface area contributed by atoms with Crippen molar-refractivity contribution in [2.24, 2.45) is 23.7 Å². The zero-order chi connectivity index (χ0) is 35.1. The average Bonchev–Trinajstić information content (AvgIpc) is 3.60. The molecule has 4 aromatic rings. The molecule has 254 valence electrons. The number of hydrogen-bond acceptors (Lipinski definition) is 0. The molecule has 0 nitrogen and oxygen atoms in total. The van der Waals surface area contributed by atoms with Crippen LogP contribution in [0.25, 0.3) is 33.0 Å². The molecule has 0 aliphatic heterocycles. The topological polar surface area (TPSA) is 0 Å². The van der Waals surface area contributed by atoms with E-state index in [0.29, 0.717) is 29.6 Å². The van der Waals surface area contributed by atoms with Gasteiger partial charge in [-0.1, -0.05) is 134 Å². The molecule has 0 heteroatoms. The molecule has 0 N–H and O–H groups in total. The minimum atomic E-state index is -0.0392. The Kier molecular flexibility index (Phi) is 7.24. The molecular formula is C49H58. The van der Waals surface area contributed by atoms with Crippen molar-refractivity contribution in [2.45, 2.75) is 126 Å².